The van der Waals surface area contributed by atoms with Crippen molar-refractivity contribution < 1.29 is 0 Å². The first-order valence-electron chi connectivity index (χ1n) is 5.71. The molecular formula is C13H14BrClN4. The zero-order valence-corrected chi connectivity index (χ0v) is 12.4. The Morgan fingerprint density at radius 3 is 2.74 bits per heavy atom. The van der Waals surface area contributed by atoms with E-state index in [0.717, 1.165) is 22.0 Å². The molecular weight excluding hydrogens is 328 g/mol. The first-order valence-corrected chi connectivity index (χ1v) is 6.88. The maximum absolute atomic E-state index is 5.99. The van der Waals surface area contributed by atoms with Crippen molar-refractivity contribution in [3.05, 3.63) is 57.2 Å². The number of aromatic nitrogens is 1. The van der Waals surface area contributed by atoms with Crippen molar-refractivity contribution in [2.24, 2.45) is 5.84 Å². The second kappa shape index (κ2) is 6.34. The molecule has 2 rings (SSSR count). The Bertz CT molecular complexity index is 576. The molecule has 0 saturated heterocycles. The highest BCUT2D eigenvalue weighted by molar-refractivity contribution is 9.10. The second-order valence-corrected chi connectivity index (χ2v) is 5.45. The van der Waals surface area contributed by atoms with Gasteiger partial charge in [-0.1, -0.05) is 17.7 Å². The highest BCUT2D eigenvalue weighted by Crippen LogP contribution is 2.27. The predicted octanol–water partition coefficient (Wildman–Crippen LogP) is 2.83. The van der Waals surface area contributed by atoms with E-state index in [4.69, 9.17) is 23.2 Å². The van der Waals surface area contributed by atoms with Crippen LogP contribution in [0.15, 0.2) is 41.0 Å². The lowest BCUT2D eigenvalue weighted by Gasteiger charge is -2.17. The normalized spacial score (nSPS) is 12.4. The summed E-state index contributed by atoms with van der Waals surface area (Å²) in [6.07, 6.45) is 2.41. The summed E-state index contributed by atoms with van der Waals surface area (Å²) < 4.78 is 0.848. The van der Waals surface area contributed by atoms with Gasteiger partial charge in [-0.2, -0.15) is 0 Å². The van der Waals surface area contributed by atoms with Crippen LogP contribution in [-0.2, 0) is 6.42 Å². The number of nitrogen functional groups attached to an aromatic ring is 1. The molecule has 0 fully saturated rings. The van der Waals surface area contributed by atoms with Gasteiger partial charge in [-0.25, -0.2) is 4.98 Å². The van der Waals surface area contributed by atoms with E-state index in [1.165, 1.54) is 0 Å². The van der Waals surface area contributed by atoms with Gasteiger partial charge in [-0.3, -0.25) is 11.3 Å². The lowest BCUT2D eigenvalue weighted by Crippen LogP contribution is -2.29. The molecule has 0 radical (unpaired) electrons. The molecule has 0 amide bonds. The molecule has 100 valence electrons. The van der Waals surface area contributed by atoms with E-state index in [9.17, 15) is 0 Å². The van der Waals surface area contributed by atoms with Crippen molar-refractivity contribution in [1.29, 1.82) is 0 Å². The molecule has 1 heterocycles. The van der Waals surface area contributed by atoms with Crippen molar-refractivity contribution in [2.75, 3.05) is 5.73 Å². The van der Waals surface area contributed by atoms with E-state index in [2.05, 4.69) is 26.3 Å². The van der Waals surface area contributed by atoms with Crippen molar-refractivity contribution in [1.82, 2.24) is 10.4 Å². The van der Waals surface area contributed by atoms with E-state index in [1.54, 1.807) is 6.20 Å². The summed E-state index contributed by atoms with van der Waals surface area (Å²) in [6.45, 7) is 0. The summed E-state index contributed by atoms with van der Waals surface area (Å²) in [6, 6.07) is 9.49. The Morgan fingerprint density at radius 1 is 1.32 bits per heavy atom. The number of hydrogen-bond donors (Lipinski definition) is 3. The van der Waals surface area contributed by atoms with Crippen LogP contribution in [0.5, 0.6) is 0 Å². The molecule has 2 aromatic rings. The van der Waals surface area contributed by atoms with Crippen LogP contribution in [0.25, 0.3) is 0 Å². The molecule has 1 atom stereocenters. The van der Waals surface area contributed by atoms with Crippen LogP contribution in [0.2, 0.25) is 5.02 Å². The fourth-order valence-corrected chi connectivity index (χ4v) is 2.37. The fraction of sp³-hybridized carbons (Fsp3) is 0.154. The molecule has 0 aliphatic heterocycles. The third-order valence-electron chi connectivity index (χ3n) is 2.83. The Morgan fingerprint density at radius 2 is 2.11 bits per heavy atom. The van der Waals surface area contributed by atoms with Crippen LogP contribution in [-0.4, -0.2) is 4.98 Å². The summed E-state index contributed by atoms with van der Waals surface area (Å²) >= 11 is 9.40. The van der Waals surface area contributed by atoms with Gasteiger partial charge < -0.3 is 5.73 Å². The van der Waals surface area contributed by atoms with E-state index < -0.39 is 0 Å². The molecule has 1 aromatic heterocycles. The Balaban J connectivity index is 2.22. The van der Waals surface area contributed by atoms with Gasteiger partial charge in [0.2, 0.25) is 0 Å². The zero-order chi connectivity index (χ0) is 13.8. The van der Waals surface area contributed by atoms with E-state index >= 15 is 0 Å². The van der Waals surface area contributed by atoms with E-state index in [1.807, 2.05) is 30.3 Å². The van der Waals surface area contributed by atoms with Gasteiger partial charge in [0.25, 0.3) is 0 Å². The number of benzene rings is 1. The average molecular weight is 342 g/mol. The summed E-state index contributed by atoms with van der Waals surface area (Å²) in [5, 5.41) is 0.674. The van der Waals surface area contributed by atoms with Gasteiger partial charge in [0.1, 0.15) is 5.82 Å². The van der Waals surface area contributed by atoms with Gasteiger partial charge in [0.15, 0.2) is 0 Å². The van der Waals surface area contributed by atoms with Gasteiger partial charge in [-0.15, -0.1) is 0 Å². The summed E-state index contributed by atoms with van der Waals surface area (Å²) in [7, 11) is 0. The molecule has 1 unspecified atom stereocenters. The van der Waals surface area contributed by atoms with Gasteiger partial charge >= 0.3 is 0 Å². The molecule has 19 heavy (non-hydrogen) atoms. The molecule has 1 aromatic carbocycles. The van der Waals surface area contributed by atoms with Crippen molar-refractivity contribution in [3.63, 3.8) is 0 Å². The number of anilines is 1. The third-order valence-corrected chi connectivity index (χ3v) is 4.05. The smallest absolute Gasteiger partial charge is 0.123 e. The van der Waals surface area contributed by atoms with Crippen molar-refractivity contribution in [3.8, 4) is 0 Å². The van der Waals surface area contributed by atoms with Crippen LogP contribution in [0.4, 0.5) is 5.82 Å². The number of nitrogens with one attached hydrogen (secondary N) is 1. The average Bonchev–Trinajstić information content (AvgIpc) is 2.39. The molecule has 6 heteroatoms. The highest BCUT2D eigenvalue weighted by atomic mass is 79.9. The van der Waals surface area contributed by atoms with Crippen LogP contribution < -0.4 is 17.0 Å². The topological polar surface area (TPSA) is 77.0 Å². The van der Waals surface area contributed by atoms with Crippen LogP contribution in [0, 0.1) is 0 Å². The quantitative estimate of drug-likeness (QED) is 0.590. The second-order valence-electron chi connectivity index (χ2n) is 4.19. The number of rotatable bonds is 4. The summed E-state index contributed by atoms with van der Waals surface area (Å²) in [5.74, 6) is 6.14. The number of hydrazine groups is 1. The highest BCUT2D eigenvalue weighted by Gasteiger charge is 2.12. The number of pyridine rings is 1. The van der Waals surface area contributed by atoms with Gasteiger partial charge in [-0.05, 0) is 57.7 Å². The standard InChI is InChI=1S/C13H14BrClN4/c14-10-7-9(1-2-11(10)15)12(19-17)5-8-3-4-18-13(16)6-8/h1-4,6-7,12,19H,5,17H2,(H2,16,18). The number of hydrogen-bond acceptors (Lipinski definition) is 4. The van der Waals surface area contributed by atoms with Gasteiger partial charge in [0, 0.05) is 10.7 Å². The summed E-state index contributed by atoms with van der Waals surface area (Å²) in [4.78, 5) is 3.97. The third kappa shape index (κ3) is 3.67. The Hall–Kier alpha value is -1.14. The molecule has 0 spiro atoms. The largest absolute Gasteiger partial charge is 0.384 e. The van der Waals surface area contributed by atoms with E-state index in [-0.39, 0.29) is 6.04 Å². The minimum Gasteiger partial charge on any atom is -0.384 e. The minimum absolute atomic E-state index is 0.0182. The van der Waals surface area contributed by atoms with Crippen LogP contribution in [0.3, 0.4) is 0 Å². The molecule has 4 nitrogen and oxygen atoms in total. The molecule has 0 aliphatic rings. The lowest BCUT2D eigenvalue weighted by atomic mass is 10.00. The number of halogens is 2. The van der Waals surface area contributed by atoms with Crippen molar-refractivity contribution >= 4 is 33.3 Å². The Labute approximate surface area is 125 Å². The van der Waals surface area contributed by atoms with Crippen LogP contribution >= 0.6 is 27.5 Å². The Kier molecular flexibility index (Phi) is 4.76. The first kappa shape index (κ1) is 14.3. The maximum Gasteiger partial charge on any atom is 0.123 e. The lowest BCUT2D eigenvalue weighted by molar-refractivity contribution is 0.551. The first-order chi connectivity index (χ1) is 9.10. The molecule has 5 N–H and O–H groups in total. The molecule has 0 saturated carbocycles. The number of nitrogens with two attached hydrogens (primary N) is 2. The SMILES string of the molecule is NNC(Cc1ccnc(N)c1)c1ccc(Cl)c(Br)c1. The van der Waals surface area contributed by atoms with Crippen molar-refractivity contribution in [2.45, 2.75) is 12.5 Å². The minimum atomic E-state index is -0.0182. The van der Waals surface area contributed by atoms with Gasteiger partial charge in [0.05, 0.1) is 11.1 Å². The number of nitrogens with zero attached hydrogens (tertiary/aromatic N) is 1. The molecule has 0 aliphatic carbocycles. The molecule has 0 bridgehead atoms. The predicted molar refractivity (Wildman–Crippen MR) is 81.6 cm³/mol. The zero-order valence-electron chi connectivity index (χ0n) is 10.1. The maximum atomic E-state index is 5.99. The van der Waals surface area contributed by atoms with Crippen LogP contribution in [0.1, 0.15) is 17.2 Å². The summed E-state index contributed by atoms with van der Waals surface area (Å²) in [5.41, 5.74) is 10.6. The van der Waals surface area contributed by atoms with E-state index in [0.29, 0.717) is 10.8 Å². The monoisotopic (exact) mass is 340 g/mol. The fourth-order valence-electron chi connectivity index (χ4n) is 1.86.